The summed E-state index contributed by atoms with van der Waals surface area (Å²) in [4.78, 5) is 6.88. The monoisotopic (exact) mass is 279 g/mol. The molecule has 1 unspecified atom stereocenters. The van der Waals surface area contributed by atoms with E-state index in [0.29, 0.717) is 12.0 Å². The Morgan fingerprint density at radius 1 is 1.30 bits per heavy atom. The Balaban J connectivity index is 1.49. The first-order valence-corrected chi connectivity index (χ1v) is 7.83. The smallest absolute Gasteiger partial charge is 0.244 e. The summed E-state index contributed by atoms with van der Waals surface area (Å²) in [7, 11) is 0. The van der Waals surface area contributed by atoms with Crippen LogP contribution in [-0.2, 0) is 11.2 Å². The van der Waals surface area contributed by atoms with Crippen molar-refractivity contribution in [3.63, 3.8) is 0 Å². The fraction of sp³-hybridized carbons (Fsp3) is 0.857. The number of piperidine rings is 1. The Labute approximate surface area is 120 Å². The average molecular weight is 279 g/mol. The van der Waals surface area contributed by atoms with E-state index in [1.165, 1.54) is 12.8 Å². The van der Waals surface area contributed by atoms with Gasteiger partial charge in [0.05, 0.1) is 6.10 Å². The van der Waals surface area contributed by atoms with Gasteiger partial charge in [-0.25, -0.2) is 0 Å². The molecule has 6 nitrogen and oxygen atoms in total. The summed E-state index contributed by atoms with van der Waals surface area (Å²) < 4.78 is 5.64. The number of hydrogen-bond acceptors (Lipinski definition) is 5. The van der Waals surface area contributed by atoms with Crippen molar-refractivity contribution in [2.75, 3.05) is 31.1 Å². The van der Waals surface area contributed by atoms with Gasteiger partial charge in [-0.05, 0) is 44.6 Å². The molecule has 2 aliphatic heterocycles. The minimum Gasteiger partial charge on any atom is -0.378 e. The van der Waals surface area contributed by atoms with Crippen molar-refractivity contribution in [1.82, 2.24) is 15.2 Å². The molecule has 0 aromatic carbocycles. The number of aryl methyl sites for hydroxylation is 1. The van der Waals surface area contributed by atoms with Crippen LogP contribution in [0.15, 0.2) is 0 Å². The van der Waals surface area contributed by atoms with Crippen LogP contribution in [0.1, 0.15) is 37.9 Å². The van der Waals surface area contributed by atoms with Crippen LogP contribution in [-0.4, -0.2) is 47.5 Å². The highest BCUT2D eigenvalue weighted by Gasteiger charge is 2.21. The summed E-state index contributed by atoms with van der Waals surface area (Å²) in [5.74, 6) is 2.50. The molecule has 3 rings (SSSR count). The summed E-state index contributed by atoms with van der Waals surface area (Å²) in [6.07, 6.45) is 7.08. The quantitative estimate of drug-likeness (QED) is 0.843. The van der Waals surface area contributed by atoms with Gasteiger partial charge in [0.25, 0.3) is 0 Å². The molecule has 3 N–H and O–H groups in total. The van der Waals surface area contributed by atoms with Crippen molar-refractivity contribution in [2.45, 2.75) is 44.6 Å². The van der Waals surface area contributed by atoms with E-state index in [9.17, 15) is 0 Å². The highest BCUT2D eigenvalue weighted by atomic mass is 16.5. The lowest BCUT2D eigenvalue weighted by molar-refractivity contribution is 0.104. The second kappa shape index (κ2) is 6.54. The molecule has 0 bridgehead atoms. The maximum Gasteiger partial charge on any atom is 0.244 e. The predicted molar refractivity (Wildman–Crippen MR) is 77.7 cm³/mol. The molecule has 2 fully saturated rings. The van der Waals surface area contributed by atoms with Crippen molar-refractivity contribution in [3.05, 3.63) is 5.82 Å². The fourth-order valence-electron chi connectivity index (χ4n) is 3.08. The Hall–Kier alpha value is -1.14. The molecule has 0 saturated carbocycles. The number of rotatable bonds is 5. The van der Waals surface area contributed by atoms with Crippen LogP contribution >= 0.6 is 0 Å². The van der Waals surface area contributed by atoms with E-state index in [1.54, 1.807) is 0 Å². The third-order valence-electron chi connectivity index (χ3n) is 4.48. The second-order valence-electron chi connectivity index (χ2n) is 5.92. The van der Waals surface area contributed by atoms with Crippen LogP contribution in [0.5, 0.6) is 0 Å². The van der Waals surface area contributed by atoms with E-state index in [0.717, 1.165) is 63.7 Å². The molecular weight excluding hydrogens is 254 g/mol. The Bertz CT molecular complexity index is 407. The lowest BCUT2D eigenvalue weighted by Gasteiger charge is -2.30. The van der Waals surface area contributed by atoms with Gasteiger partial charge in [0.2, 0.25) is 5.95 Å². The zero-order chi connectivity index (χ0) is 13.8. The van der Waals surface area contributed by atoms with Crippen LogP contribution in [0, 0.1) is 5.92 Å². The zero-order valence-corrected chi connectivity index (χ0v) is 12.1. The third-order valence-corrected chi connectivity index (χ3v) is 4.48. The van der Waals surface area contributed by atoms with Gasteiger partial charge in [0, 0.05) is 26.1 Å². The maximum atomic E-state index is 5.72. The second-order valence-corrected chi connectivity index (χ2v) is 5.92. The first-order valence-electron chi connectivity index (χ1n) is 7.83. The number of hydrogen-bond donors (Lipinski definition) is 2. The van der Waals surface area contributed by atoms with Gasteiger partial charge in [-0.1, -0.05) is 0 Å². The SMILES string of the molecule is NCC1CCN(c2n[nH]c(CCC3CCCO3)n2)CC1. The number of nitrogens with two attached hydrogens (primary N) is 1. The Morgan fingerprint density at radius 3 is 2.85 bits per heavy atom. The van der Waals surface area contributed by atoms with Crippen LogP contribution in [0.25, 0.3) is 0 Å². The summed E-state index contributed by atoms with van der Waals surface area (Å²) in [5.41, 5.74) is 5.72. The van der Waals surface area contributed by atoms with Crippen molar-refractivity contribution in [1.29, 1.82) is 0 Å². The fourth-order valence-corrected chi connectivity index (χ4v) is 3.08. The van der Waals surface area contributed by atoms with Gasteiger partial charge in [-0.3, -0.25) is 5.10 Å². The van der Waals surface area contributed by atoms with Crippen LogP contribution in [0.2, 0.25) is 0 Å². The van der Waals surface area contributed by atoms with E-state index >= 15 is 0 Å². The number of aromatic amines is 1. The molecule has 0 radical (unpaired) electrons. The Kier molecular flexibility index (Phi) is 4.52. The molecule has 0 aliphatic carbocycles. The van der Waals surface area contributed by atoms with E-state index in [4.69, 9.17) is 10.5 Å². The van der Waals surface area contributed by atoms with Gasteiger partial charge >= 0.3 is 0 Å². The van der Waals surface area contributed by atoms with Gasteiger partial charge in [0.1, 0.15) is 5.82 Å². The number of ether oxygens (including phenoxy) is 1. The normalized spacial score (nSPS) is 24.4. The van der Waals surface area contributed by atoms with E-state index in [1.807, 2.05) is 0 Å². The van der Waals surface area contributed by atoms with Crippen molar-refractivity contribution >= 4 is 5.95 Å². The maximum absolute atomic E-state index is 5.72. The van der Waals surface area contributed by atoms with Crippen molar-refractivity contribution < 1.29 is 4.74 Å². The molecule has 3 heterocycles. The van der Waals surface area contributed by atoms with Gasteiger partial charge < -0.3 is 15.4 Å². The predicted octanol–water partition coefficient (Wildman–Crippen LogP) is 1.09. The number of nitrogens with zero attached hydrogens (tertiary/aromatic N) is 3. The molecular formula is C14H25N5O. The molecule has 2 saturated heterocycles. The van der Waals surface area contributed by atoms with Crippen LogP contribution in [0.4, 0.5) is 5.95 Å². The van der Waals surface area contributed by atoms with Gasteiger partial charge in [-0.2, -0.15) is 4.98 Å². The third kappa shape index (κ3) is 3.30. The topological polar surface area (TPSA) is 80.1 Å². The minimum absolute atomic E-state index is 0.420. The standard InChI is InChI=1S/C14H25N5O/c15-10-11-5-7-19(8-6-11)14-16-13(17-18-14)4-3-12-2-1-9-20-12/h11-12H,1-10,15H2,(H,16,17,18). The zero-order valence-electron chi connectivity index (χ0n) is 12.1. The molecule has 1 aromatic heterocycles. The van der Waals surface area contributed by atoms with Crippen molar-refractivity contribution in [2.24, 2.45) is 11.7 Å². The lowest BCUT2D eigenvalue weighted by atomic mass is 9.97. The molecule has 0 amide bonds. The molecule has 1 atom stereocenters. The highest BCUT2D eigenvalue weighted by Crippen LogP contribution is 2.21. The number of aromatic nitrogens is 3. The summed E-state index contributed by atoms with van der Waals surface area (Å²) in [6.45, 7) is 3.76. The molecule has 112 valence electrons. The highest BCUT2D eigenvalue weighted by molar-refractivity contribution is 5.29. The van der Waals surface area contributed by atoms with Gasteiger partial charge in [0.15, 0.2) is 0 Å². The summed E-state index contributed by atoms with van der Waals surface area (Å²) >= 11 is 0. The molecule has 1 aromatic rings. The molecule has 2 aliphatic rings. The molecule has 20 heavy (non-hydrogen) atoms. The lowest BCUT2D eigenvalue weighted by Crippen LogP contribution is -2.36. The van der Waals surface area contributed by atoms with Gasteiger partial charge in [-0.15, -0.1) is 5.10 Å². The number of nitrogens with one attached hydrogen (secondary N) is 1. The first-order chi connectivity index (χ1) is 9.85. The molecule has 6 heteroatoms. The number of H-pyrrole nitrogens is 1. The van der Waals surface area contributed by atoms with E-state index in [2.05, 4.69) is 20.1 Å². The van der Waals surface area contributed by atoms with Crippen LogP contribution < -0.4 is 10.6 Å². The largest absolute Gasteiger partial charge is 0.378 e. The van der Waals surface area contributed by atoms with E-state index < -0.39 is 0 Å². The molecule has 0 spiro atoms. The first kappa shape index (κ1) is 13.8. The van der Waals surface area contributed by atoms with Crippen molar-refractivity contribution in [3.8, 4) is 0 Å². The summed E-state index contributed by atoms with van der Waals surface area (Å²) in [5, 5.41) is 7.42. The van der Waals surface area contributed by atoms with Crippen LogP contribution in [0.3, 0.4) is 0 Å². The Morgan fingerprint density at radius 2 is 2.15 bits per heavy atom. The van der Waals surface area contributed by atoms with E-state index in [-0.39, 0.29) is 0 Å². The number of anilines is 1. The summed E-state index contributed by atoms with van der Waals surface area (Å²) in [6, 6.07) is 0. The minimum atomic E-state index is 0.420. The average Bonchev–Trinajstić information content (AvgIpc) is 3.17.